The summed E-state index contributed by atoms with van der Waals surface area (Å²) in [7, 11) is 0. The van der Waals surface area contributed by atoms with Crippen molar-refractivity contribution in [1.82, 2.24) is 10.6 Å². The molecule has 0 saturated heterocycles. The van der Waals surface area contributed by atoms with Crippen LogP contribution in [-0.2, 0) is 4.79 Å². The zero-order valence-corrected chi connectivity index (χ0v) is 14.2. The largest absolute Gasteiger partial charge is 0.370 e. The smallest absolute Gasteiger partial charge is 0.225 e. The summed E-state index contributed by atoms with van der Waals surface area (Å²) in [6, 6.07) is 0. The number of nitrogens with zero attached hydrogens (tertiary/aromatic N) is 1. The highest BCUT2D eigenvalue weighted by atomic mass is 127. The van der Waals surface area contributed by atoms with Crippen molar-refractivity contribution in [2.24, 2.45) is 16.1 Å². The summed E-state index contributed by atoms with van der Waals surface area (Å²) in [4.78, 5) is 15.7. The van der Waals surface area contributed by atoms with Crippen molar-refractivity contribution in [2.45, 2.75) is 40.5 Å². The molecule has 0 spiro atoms. The molecule has 5 nitrogen and oxygen atoms in total. The maximum absolute atomic E-state index is 11.5. The molecule has 0 heterocycles. The summed E-state index contributed by atoms with van der Waals surface area (Å²) < 4.78 is 0. The minimum Gasteiger partial charge on any atom is -0.370 e. The highest BCUT2D eigenvalue weighted by molar-refractivity contribution is 14.0. The zero-order valence-electron chi connectivity index (χ0n) is 11.9. The Balaban J connectivity index is 0. The second-order valence-corrected chi connectivity index (χ2v) is 5.05. The summed E-state index contributed by atoms with van der Waals surface area (Å²) in [5, 5.41) is 5.79. The van der Waals surface area contributed by atoms with Crippen molar-refractivity contribution < 1.29 is 4.79 Å². The number of aliphatic imine (C=N–C) groups is 1. The molecule has 4 N–H and O–H groups in total. The summed E-state index contributed by atoms with van der Waals surface area (Å²) in [6.07, 6.45) is 2.15. The minimum atomic E-state index is -0.346. The van der Waals surface area contributed by atoms with E-state index in [0.717, 1.165) is 19.4 Å². The van der Waals surface area contributed by atoms with Crippen LogP contribution in [-0.4, -0.2) is 31.5 Å². The van der Waals surface area contributed by atoms with E-state index in [1.807, 2.05) is 20.8 Å². The molecule has 0 saturated carbocycles. The molecule has 0 rings (SSSR count). The van der Waals surface area contributed by atoms with Crippen LogP contribution in [0.1, 0.15) is 40.5 Å². The van der Waals surface area contributed by atoms with Crippen LogP contribution in [0.5, 0.6) is 0 Å². The lowest BCUT2D eigenvalue weighted by Crippen LogP contribution is -2.41. The van der Waals surface area contributed by atoms with Crippen molar-refractivity contribution in [3.05, 3.63) is 0 Å². The Bertz CT molecular complexity index is 261. The number of unbranched alkanes of at least 4 members (excludes halogenated alkanes) is 1. The molecule has 0 aromatic rings. The topological polar surface area (TPSA) is 79.5 Å². The number of nitrogens with one attached hydrogen (secondary N) is 2. The Morgan fingerprint density at radius 3 is 2.28 bits per heavy atom. The molecule has 6 heteroatoms. The SMILES string of the molecule is CCCCN=C(N)NCCNC(=O)C(C)(C)C.I. The number of amides is 1. The van der Waals surface area contributed by atoms with E-state index in [0.29, 0.717) is 19.0 Å². The molecule has 0 aliphatic rings. The normalized spacial score (nSPS) is 11.7. The lowest BCUT2D eigenvalue weighted by atomic mass is 9.96. The Labute approximate surface area is 127 Å². The van der Waals surface area contributed by atoms with E-state index in [-0.39, 0.29) is 35.3 Å². The van der Waals surface area contributed by atoms with E-state index in [9.17, 15) is 4.79 Å². The Hall–Kier alpha value is -0.530. The van der Waals surface area contributed by atoms with Crippen LogP contribution in [0.2, 0.25) is 0 Å². The van der Waals surface area contributed by atoms with Crippen molar-refractivity contribution in [1.29, 1.82) is 0 Å². The van der Waals surface area contributed by atoms with Gasteiger partial charge < -0.3 is 16.4 Å². The van der Waals surface area contributed by atoms with Crippen LogP contribution in [0, 0.1) is 5.41 Å². The molecular weight excluding hydrogens is 343 g/mol. The predicted octanol–water partition coefficient (Wildman–Crippen LogP) is 1.47. The van der Waals surface area contributed by atoms with E-state index in [2.05, 4.69) is 22.5 Å². The number of hydrogen-bond acceptors (Lipinski definition) is 2. The number of rotatable bonds is 6. The first kappa shape index (κ1) is 19.8. The van der Waals surface area contributed by atoms with Crippen LogP contribution < -0.4 is 16.4 Å². The van der Waals surface area contributed by atoms with E-state index in [1.165, 1.54) is 0 Å². The molecule has 0 fully saturated rings. The van der Waals surface area contributed by atoms with Gasteiger partial charge in [-0.05, 0) is 6.42 Å². The van der Waals surface area contributed by atoms with Gasteiger partial charge in [0.1, 0.15) is 0 Å². The fourth-order valence-electron chi connectivity index (χ4n) is 1.05. The summed E-state index contributed by atoms with van der Waals surface area (Å²) in [5.41, 5.74) is 5.30. The molecule has 0 aromatic carbocycles. The van der Waals surface area contributed by atoms with Crippen LogP contribution in [0.4, 0.5) is 0 Å². The Morgan fingerprint density at radius 2 is 1.78 bits per heavy atom. The molecule has 0 aliphatic carbocycles. The van der Waals surface area contributed by atoms with Crippen molar-refractivity contribution in [2.75, 3.05) is 19.6 Å². The van der Waals surface area contributed by atoms with Gasteiger partial charge in [0.15, 0.2) is 5.96 Å². The highest BCUT2D eigenvalue weighted by Crippen LogP contribution is 2.11. The van der Waals surface area contributed by atoms with Crippen LogP contribution in [0.3, 0.4) is 0 Å². The maximum Gasteiger partial charge on any atom is 0.225 e. The first-order chi connectivity index (χ1) is 7.88. The molecule has 0 radical (unpaired) electrons. The molecule has 18 heavy (non-hydrogen) atoms. The molecule has 0 aliphatic heterocycles. The quantitative estimate of drug-likeness (QED) is 0.287. The average Bonchev–Trinajstić information content (AvgIpc) is 2.23. The number of guanidine groups is 1. The van der Waals surface area contributed by atoms with Gasteiger partial charge in [0.25, 0.3) is 0 Å². The maximum atomic E-state index is 11.5. The molecule has 108 valence electrons. The van der Waals surface area contributed by atoms with Gasteiger partial charge in [-0.3, -0.25) is 9.79 Å². The molecular formula is C12H27IN4O. The van der Waals surface area contributed by atoms with Gasteiger partial charge in [-0.25, -0.2) is 0 Å². The van der Waals surface area contributed by atoms with E-state index in [4.69, 9.17) is 5.73 Å². The summed E-state index contributed by atoms with van der Waals surface area (Å²) in [6.45, 7) is 9.68. The minimum absolute atomic E-state index is 0. The van der Waals surface area contributed by atoms with Gasteiger partial charge in [0.2, 0.25) is 5.91 Å². The molecule has 0 unspecified atom stereocenters. The number of halogens is 1. The standard InChI is InChI=1S/C12H26N4O.HI/c1-5-6-7-15-11(13)16-9-8-14-10(17)12(2,3)4;/h5-9H2,1-4H3,(H,14,17)(H3,13,15,16);1H. The summed E-state index contributed by atoms with van der Waals surface area (Å²) >= 11 is 0. The lowest BCUT2D eigenvalue weighted by molar-refractivity contribution is -0.128. The highest BCUT2D eigenvalue weighted by Gasteiger charge is 2.19. The van der Waals surface area contributed by atoms with Crippen molar-refractivity contribution in [3.63, 3.8) is 0 Å². The van der Waals surface area contributed by atoms with Gasteiger partial charge >= 0.3 is 0 Å². The average molecular weight is 370 g/mol. The van der Waals surface area contributed by atoms with Crippen LogP contribution >= 0.6 is 24.0 Å². The predicted molar refractivity (Wildman–Crippen MR) is 87.3 cm³/mol. The number of nitrogens with two attached hydrogens (primary N) is 1. The zero-order chi connectivity index (χ0) is 13.3. The van der Waals surface area contributed by atoms with E-state index < -0.39 is 0 Å². The summed E-state index contributed by atoms with van der Waals surface area (Å²) in [5.74, 6) is 0.490. The van der Waals surface area contributed by atoms with Gasteiger partial charge in [0.05, 0.1) is 0 Å². The molecule has 1 amide bonds. The van der Waals surface area contributed by atoms with Crippen LogP contribution in [0.15, 0.2) is 4.99 Å². The number of carbonyl (C=O) groups excluding carboxylic acids is 1. The van der Waals surface area contributed by atoms with Gasteiger partial charge in [-0.2, -0.15) is 0 Å². The van der Waals surface area contributed by atoms with E-state index >= 15 is 0 Å². The third-order valence-electron chi connectivity index (χ3n) is 2.19. The van der Waals surface area contributed by atoms with Crippen LogP contribution in [0.25, 0.3) is 0 Å². The first-order valence-corrected chi connectivity index (χ1v) is 6.20. The third kappa shape index (κ3) is 10.6. The van der Waals surface area contributed by atoms with Gasteiger partial charge in [-0.15, -0.1) is 24.0 Å². The fraction of sp³-hybridized carbons (Fsp3) is 0.833. The van der Waals surface area contributed by atoms with Gasteiger partial charge in [-0.1, -0.05) is 34.1 Å². The third-order valence-corrected chi connectivity index (χ3v) is 2.19. The number of carbonyl (C=O) groups is 1. The Morgan fingerprint density at radius 1 is 1.22 bits per heavy atom. The number of hydrogen-bond donors (Lipinski definition) is 3. The Kier molecular flexibility index (Phi) is 11.4. The van der Waals surface area contributed by atoms with E-state index in [1.54, 1.807) is 0 Å². The van der Waals surface area contributed by atoms with Gasteiger partial charge in [0, 0.05) is 25.0 Å². The lowest BCUT2D eigenvalue weighted by Gasteiger charge is -2.17. The fourth-order valence-corrected chi connectivity index (χ4v) is 1.05. The molecule has 0 bridgehead atoms. The molecule has 0 atom stereocenters. The first-order valence-electron chi connectivity index (χ1n) is 6.20. The second kappa shape index (κ2) is 10.4. The second-order valence-electron chi connectivity index (χ2n) is 5.05. The monoisotopic (exact) mass is 370 g/mol. The van der Waals surface area contributed by atoms with Crippen molar-refractivity contribution >= 4 is 35.8 Å². The molecule has 0 aromatic heterocycles. The van der Waals surface area contributed by atoms with Crippen molar-refractivity contribution in [3.8, 4) is 0 Å².